The smallest absolute Gasteiger partial charge is 0.234 e. The van der Waals surface area contributed by atoms with Crippen LogP contribution in [0.4, 0.5) is 5.69 Å². The summed E-state index contributed by atoms with van der Waals surface area (Å²) in [5, 5.41) is 12.3. The van der Waals surface area contributed by atoms with Gasteiger partial charge < -0.3 is 5.32 Å². The second kappa shape index (κ2) is 6.05. The first-order valence-electron chi connectivity index (χ1n) is 9.06. The van der Waals surface area contributed by atoms with Gasteiger partial charge in [0.1, 0.15) is 0 Å². The van der Waals surface area contributed by atoms with Crippen molar-refractivity contribution in [2.24, 2.45) is 5.41 Å². The van der Waals surface area contributed by atoms with Crippen molar-refractivity contribution < 1.29 is 4.79 Å². The monoisotopic (exact) mass is 368 g/mol. The van der Waals surface area contributed by atoms with Crippen molar-refractivity contribution in [2.75, 3.05) is 11.1 Å². The highest BCUT2D eigenvalue weighted by Crippen LogP contribution is 2.66. The maximum Gasteiger partial charge on any atom is 0.234 e. The van der Waals surface area contributed by atoms with Crippen molar-refractivity contribution in [3.8, 4) is 0 Å². The number of nitrogens with zero attached hydrogens (tertiary/aromatic N) is 3. The third kappa shape index (κ3) is 2.62. The SMILES string of the molecule is Cc1cccc(NC(=O)CSc2nnc3c(n2)[C@]2(C)CC[C@@H]3C2(C)C)c1. The number of amides is 1. The zero-order chi connectivity index (χ0) is 18.5. The van der Waals surface area contributed by atoms with E-state index in [2.05, 4.69) is 36.3 Å². The number of anilines is 1. The Morgan fingerprint density at radius 1 is 1.31 bits per heavy atom. The molecule has 2 atom stereocenters. The van der Waals surface area contributed by atoms with Crippen LogP contribution in [-0.2, 0) is 10.2 Å². The molecule has 0 saturated heterocycles. The molecule has 5 nitrogen and oxygen atoms in total. The van der Waals surface area contributed by atoms with Gasteiger partial charge in [-0.2, -0.15) is 5.10 Å². The number of aryl methyl sites for hydroxylation is 1. The summed E-state index contributed by atoms with van der Waals surface area (Å²) in [5.41, 5.74) is 4.32. The Balaban J connectivity index is 1.46. The second-order valence-corrected chi connectivity index (χ2v) is 9.12. The summed E-state index contributed by atoms with van der Waals surface area (Å²) in [6.07, 6.45) is 2.31. The van der Waals surface area contributed by atoms with Crippen molar-refractivity contribution >= 4 is 23.4 Å². The average Bonchev–Trinajstić information content (AvgIpc) is 2.92. The van der Waals surface area contributed by atoms with Crippen molar-refractivity contribution in [1.29, 1.82) is 0 Å². The molecule has 2 aromatic rings. The molecule has 1 saturated carbocycles. The number of hydrogen-bond acceptors (Lipinski definition) is 5. The highest BCUT2D eigenvalue weighted by atomic mass is 32.2. The first kappa shape index (κ1) is 17.5. The largest absolute Gasteiger partial charge is 0.325 e. The topological polar surface area (TPSA) is 67.8 Å². The van der Waals surface area contributed by atoms with Crippen LogP contribution in [0.3, 0.4) is 0 Å². The average molecular weight is 369 g/mol. The summed E-state index contributed by atoms with van der Waals surface area (Å²) in [6.45, 7) is 8.93. The molecule has 1 aromatic carbocycles. The van der Waals surface area contributed by atoms with E-state index in [0.29, 0.717) is 11.1 Å². The first-order chi connectivity index (χ1) is 12.3. The Kier molecular flexibility index (Phi) is 4.06. The van der Waals surface area contributed by atoms with Gasteiger partial charge in [-0.15, -0.1) is 5.10 Å². The van der Waals surface area contributed by atoms with E-state index < -0.39 is 0 Å². The van der Waals surface area contributed by atoms with Crippen LogP contribution in [0.5, 0.6) is 0 Å². The fourth-order valence-corrected chi connectivity index (χ4v) is 5.06. The zero-order valence-corrected chi connectivity index (χ0v) is 16.5. The normalized spacial score (nSPS) is 25.2. The number of aromatic nitrogens is 3. The van der Waals surface area contributed by atoms with Gasteiger partial charge in [0.05, 0.1) is 17.1 Å². The molecule has 6 heteroatoms. The number of fused-ring (bicyclic) bond motifs is 5. The zero-order valence-electron chi connectivity index (χ0n) is 15.7. The van der Waals surface area contributed by atoms with E-state index in [0.717, 1.165) is 35.5 Å². The number of nitrogens with one attached hydrogen (secondary N) is 1. The van der Waals surface area contributed by atoms with E-state index in [1.165, 1.54) is 11.8 Å². The molecular formula is C20H24N4OS. The lowest BCUT2D eigenvalue weighted by atomic mass is 9.70. The highest BCUT2D eigenvalue weighted by Gasteiger charge is 2.61. The minimum atomic E-state index is -0.0576. The van der Waals surface area contributed by atoms with E-state index in [-0.39, 0.29) is 22.5 Å². The molecule has 2 aliphatic rings. The Morgan fingerprint density at radius 3 is 2.88 bits per heavy atom. The maximum atomic E-state index is 12.2. The Bertz CT molecular complexity index is 882. The van der Waals surface area contributed by atoms with Crippen molar-refractivity contribution in [3.63, 3.8) is 0 Å². The van der Waals surface area contributed by atoms with Crippen LogP contribution in [0, 0.1) is 12.3 Å². The summed E-state index contributed by atoms with van der Waals surface area (Å²) >= 11 is 1.35. The minimum Gasteiger partial charge on any atom is -0.325 e. The van der Waals surface area contributed by atoms with Gasteiger partial charge in [-0.1, -0.05) is 44.7 Å². The molecule has 2 bridgehead atoms. The molecule has 0 unspecified atom stereocenters. The molecule has 1 aromatic heterocycles. The van der Waals surface area contributed by atoms with E-state index in [9.17, 15) is 4.79 Å². The lowest BCUT2D eigenvalue weighted by Gasteiger charge is -2.33. The quantitative estimate of drug-likeness (QED) is 0.824. The molecule has 0 aliphatic heterocycles. The second-order valence-electron chi connectivity index (χ2n) is 8.18. The van der Waals surface area contributed by atoms with E-state index >= 15 is 0 Å². The summed E-state index contributed by atoms with van der Waals surface area (Å²) in [7, 11) is 0. The molecular weight excluding hydrogens is 344 g/mol. The third-order valence-electron chi connectivity index (χ3n) is 6.41. The predicted octanol–water partition coefficient (Wildman–Crippen LogP) is 4.09. The number of hydrogen-bond donors (Lipinski definition) is 1. The maximum absolute atomic E-state index is 12.2. The van der Waals surface area contributed by atoms with Crippen LogP contribution >= 0.6 is 11.8 Å². The number of carbonyl (C=O) groups is 1. The molecule has 0 spiro atoms. The fourth-order valence-electron chi connectivity index (χ4n) is 4.47. The van der Waals surface area contributed by atoms with Gasteiger partial charge in [-0.3, -0.25) is 4.79 Å². The third-order valence-corrected chi connectivity index (χ3v) is 7.24. The lowest BCUT2D eigenvalue weighted by molar-refractivity contribution is -0.113. The van der Waals surface area contributed by atoms with Crippen LogP contribution in [-0.4, -0.2) is 26.8 Å². The van der Waals surface area contributed by atoms with Gasteiger partial charge in [0.2, 0.25) is 11.1 Å². The molecule has 1 fully saturated rings. The number of benzene rings is 1. The van der Waals surface area contributed by atoms with Gasteiger partial charge in [-0.05, 0) is 42.9 Å². The van der Waals surface area contributed by atoms with Gasteiger partial charge in [-0.25, -0.2) is 4.98 Å². The van der Waals surface area contributed by atoms with Gasteiger partial charge in [0, 0.05) is 17.0 Å². The van der Waals surface area contributed by atoms with Crippen LogP contribution < -0.4 is 5.32 Å². The lowest BCUT2D eigenvalue weighted by Crippen LogP contribution is -2.32. The highest BCUT2D eigenvalue weighted by molar-refractivity contribution is 7.99. The number of carbonyl (C=O) groups excluding carboxylic acids is 1. The molecule has 1 N–H and O–H groups in total. The standard InChI is InChI=1S/C20H24N4OS/c1-12-6-5-7-13(10-12)21-15(25)11-26-18-22-17-16(23-24-18)14-8-9-20(17,4)19(14,2)3/h5-7,10,14H,8-9,11H2,1-4H3,(H,21,25)/t14-,20-/m0/s1. The molecule has 1 heterocycles. The summed E-state index contributed by atoms with van der Waals surface area (Å²) in [6, 6.07) is 7.78. The number of thioether (sulfide) groups is 1. The van der Waals surface area contributed by atoms with E-state index in [4.69, 9.17) is 4.98 Å². The van der Waals surface area contributed by atoms with Crippen molar-refractivity contribution in [2.45, 2.75) is 57.0 Å². The van der Waals surface area contributed by atoms with Crippen molar-refractivity contribution in [3.05, 3.63) is 41.2 Å². The van der Waals surface area contributed by atoms with Crippen molar-refractivity contribution in [1.82, 2.24) is 15.2 Å². The first-order valence-corrected chi connectivity index (χ1v) is 10.0. The van der Waals surface area contributed by atoms with E-state index in [1.54, 1.807) is 0 Å². The van der Waals surface area contributed by atoms with E-state index in [1.807, 2.05) is 31.2 Å². The Morgan fingerprint density at radius 2 is 2.12 bits per heavy atom. The molecule has 0 radical (unpaired) electrons. The number of rotatable bonds is 4. The Labute approximate surface area is 158 Å². The molecule has 136 valence electrons. The van der Waals surface area contributed by atoms with Gasteiger partial charge in [0.25, 0.3) is 0 Å². The molecule has 4 rings (SSSR count). The fraction of sp³-hybridized carbons (Fsp3) is 0.500. The van der Waals surface area contributed by atoms with Crippen LogP contribution in [0.25, 0.3) is 0 Å². The summed E-state index contributed by atoms with van der Waals surface area (Å²) in [4.78, 5) is 17.0. The van der Waals surface area contributed by atoms with Crippen LogP contribution in [0.2, 0.25) is 0 Å². The summed E-state index contributed by atoms with van der Waals surface area (Å²) in [5.74, 6) is 0.668. The minimum absolute atomic E-state index is 0.0576. The van der Waals surface area contributed by atoms with Gasteiger partial charge in [0.15, 0.2) is 0 Å². The predicted molar refractivity (Wildman–Crippen MR) is 103 cm³/mol. The van der Waals surface area contributed by atoms with Crippen LogP contribution in [0.1, 0.15) is 56.5 Å². The van der Waals surface area contributed by atoms with Crippen LogP contribution in [0.15, 0.2) is 29.4 Å². The molecule has 26 heavy (non-hydrogen) atoms. The molecule has 2 aliphatic carbocycles. The van der Waals surface area contributed by atoms with Gasteiger partial charge >= 0.3 is 0 Å². The summed E-state index contributed by atoms with van der Waals surface area (Å²) < 4.78 is 0. The molecule has 1 amide bonds. The Hall–Kier alpha value is -1.95.